The van der Waals surface area contributed by atoms with Gasteiger partial charge in [-0.15, -0.1) is 12.4 Å². The molecule has 0 radical (unpaired) electrons. The Balaban J connectivity index is 0.00000161. The zero-order chi connectivity index (χ0) is 14.1. The Bertz CT molecular complexity index is 363. The van der Waals surface area contributed by atoms with Crippen LogP contribution in [-0.4, -0.2) is 37.0 Å². The third kappa shape index (κ3) is 3.56. The quantitative estimate of drug-likeness (QED) is 0.846. The summed E-state index contributed by atoms with van der Waals surface area (Å²) < 4.78 is 0. The van der Waals surface area contributed by atoms with E-state index in [-0.39, 0.29) is 18.3 Å². The molecule has 0 aromatic carbocycles. The van der Waals surface area contributed by atoms with Gasteiger partial charge in [-0.3, -0.25) is 4.79 Å². The van der Waals surface area contributed by atoms with Crippen molar-refractivity contribution in [3.63, 3.8) is 0 Å². The third-order valence-electron chi connectivity index (χ3n) is 6.05. The van der Waals surface area contributed by atoms with Gasteiger partial charge >= 0.3 is 0 Å². The molecular weight excluding hydrogens is 284 g/mol. The number of hydrogen-bond acceptors (Lipinski definition) is 2. The Morgan fingerprint density at radius 2 is 2.10 bits per heavy atom. The summed E-state index contributed by atoms with van der Waals surface area (Å²) >= 11 is 0. The Labute approximate surface area is 135 Å². The summed E-state index contributed by atoms with van der Waals surface area (Å²) in [7, 11) is 1.93. The first kappa shape index (κ1) is 17.1. The highest BCUT2D eigenvalue weighted by atomic mass is 35.5. The normalized spacial score (nSPS) is 35.8. The number of fused-ring (bicyclic) bond motifs is 2. The molecule has 2 saturated carbocycles. The summed E-state index contributed by atoms with van der Waals surface area (Å²) in [5, 5.41) is 3.13. The van der Waals surface area contributed by atoms with Gasteiger partial charge in [0.2, 0.25) is 5.91 Å². The SMILES string of the molecule is CNCC(C)C(=O)N1CCCC1CC1CC2CCC1C2.Cl. The van der Waals surface area contributed by atoms with Gasteiger partial charge in [0.25, 0.3) is 0 Å². The number of nitrogens with one attached hydrogen (secondary N) is 1. The molecule has 1 heterocycles. The maximum Gasteiger partial charge on any atom is 0.226 e. The smallest absolute Gasteiger partial charge is 0.226 e. The number of likely N-dealkylation sites (tertiary alicyclic amines) is 1. The Morgan fingerprint density at radius 3 is 2.71 bits per heavy atom. The standard InChI is InChI=1S/C17H30N2O.ClH/c1-12(11-18-2)17(20)19-7-3-4-16(19)10-15-9-13-5-6-14(15)8-13;/h12-16,18H,3-11H2,1-2H3;1H. The third-order valence-corrected chi connectivity index (χ3v) is 6.05. The molecule has 21 heavy (non-hydrogen) atoms. The lowest BCUT2D eigenvalue weighted by Gasteiger charge is -2.32. The summed E-state index contributed by atoms with van der Waals surface area (Å²) in [6.45, 7) is 3.86. The van der Waals surface area contributed by atoms with Crippen molar-refractivity contribution in [1.82, 2.24) is 10.2 Å². The number of hydrogen-bond donors (Lipinski definition) is 1. The van der Waals surface area contributed by atoms with Crippen LogP contribution in [0.4, 0.5) is 0 Å². The lowest BCUT2D eigenvalue weighted by atomic mass is 9.83. The second-order valence-corrected chi connectivity index (χ2v) is 7.46. The van der Waals surface area contributed by atoms with Crippen molar-refractivity contribution in [2.24, 2.45) is 23.7 Å². The first-order valence-electron chi connectivity index (χ1n) is 8.64. The zero-order valence-corrected chi connectivity index (χ0v) is 14.3. The number of halogens is 1. The molecule has 1 saturated heterocycles. The van der Waals surface area contributed by atoms with Gasteiger partial charge in [-0.05, 0) is 63.3 Å². The maximum absolute atomic E-state index is 12.6. The van der Waals surface area contributed by atoms with E-state index in [2.05, 4.69) is 17.1 Å². The average Bonchev–Trinajstić information content (AvgIpc) is 3.14. The van der Waals surface area contributed by atoms with E-state index in [0.717, 1.165) is 30.8 Å². The van der Waals surface area contributed by atoms with E-state index in [1.165, 1.54) is 44.9 Å². The van der Waals surface area contributed by atoms with Crippen LogP contribution in [0, 0.1) is 23.7 Å². The van der Waals surface area contributed by atoms with E-state index in [1.807, 2.05) is 7.05 Å². The number of nitrogens with zero attached hydrogens (tertiary/aromatic N) is 1. The fraction of sp³-hybridized carbons (Fsp3) is 0.941. The van der Waals surface area contributed by atoms with E-state index >= 15 is 0 Å². The second-order valence-electron chi connectivity index (χ2n) is 7.46. The molecule has 3 nitrogen and oxygen atoms in total. The number of carbonyl (C=O) groups excluding carboxylic acids is 1. The molecule has 122 valence electrons. The highest BCUT2D eigenvalue weighted by Gasteiger charge is 2.42. The summed E-state index contributed by atoms with van der Waals surface area (Å²) in [5.74, 6) is 3.45. The van der Waals surface area contributed by atoms with Crippen molar-refractivity contribution in [3.05, 3.63) is 0 Å². The minimum Gasteiger partial charge on any atom is -0.339 e. The first-order valence-corrected chi connectivity index (χ1v) is 8.64. The van der Waals surface area contributed by atoms with Gasteiger partial charge in [0.1, 0.15) is 0 Å². The largest absolute Gasteiger partial charge is 0.339 e. The van der Waals surface area contributed by atoms with Gasteiger partial charge < -0.3 is 10.2 Å². The molecule has 3 rings (SSSR count). The van der Waals surface area contributed by atoms with Crippen molar-refractivity contribution in [2.45, 2.75) is 57.9 Å². The Hall–Kier alpha value is -0.280. The second kappa shape index (κ2) is 7.32. The molecule has 1 amide bonds. The maximum atomic E-state index is 12.6. The lowest BCUT2D eigenvalue weighted by molar-refractivity contribution is -0.136. The molecule has 0 spiro atoms. The van der Waals surface area contributed by atoms with Crippen molar-refractivity contribution >= 4 is 18.3 Å². The van der Waals surface area contributed by atoms with Crippen LogP contribution in [0.5, 0.6) is 0 Å². The summed E-state index contributed by atoms with van der Waals surface area (Å²) in [5.41, 5.74) is 0. The van der Waals surface area contributed by atoms with Gasteiger partial charge in [0, 0.05) is 25.0 Å². The topological polar surface area (TPSA) is 32.3 Å². The van der Waals surface area contributed by atoms with Crippen molar-refractivity contribution in [1.29, 1.82) is 0 Å². The molecule has 3 aliphatic rings. The Kier molecular flexibility index (Phi) is 5.96. The van der Waals surface area contributed by atoms with E-state index in [1.54, 1.807) is 0 Å². The van der Waals surface area contributed by atoms with Crippen LogP contribution >= 0.6 is 12.4 Å². The molecule has 2 bridgehead atoms. The highest BCUT2D eigenvalue weighted by Crippen LogP contribution is 2.50. The summed E-state index contributed by atoms with van der Waals surface area (Å²) in [6, 6.07) is 0.547. The zero-order valence-electron chi connectivity index (χ0n) is 13.5. The molecule has 1 N–H and O–H groups in total. The van der Waals surface area contributed by atoms with Crippen LogP contribution in [0.15, 0.2) is 0 Å². The minimum atomic E-state index is 0. The van der Waals surface area contributed by atoms with Crippen molar-refractivity contribution < 1.29 is 4.79 Å². The first-order chi connectivity index (χ1) is 9.69. The molecule has 3 fully saturated rings. The fourth-order valence-electron chi connectivity index (χ4n) is 5.06. The van der Waals surface area contributed by atoms with Crippen LogP contribution in [0.1, 0.15) is 51.9 Å². The summed E-state index contributed by atoms with van der Waals surface area (Å²) in [4.78, 5) is 14.8. The molecule has 5 atom stereocenters. The molecule has 1 aliphatic heterocycles. The molecule has 0 aromatic heterocycles. The predicted molar refractivity (Wildman–Crippen MR) is 88.6 cm³/mol. The van der Waals surface area contributed by atoms with Gasteiger partial charge in [0.05, 0.1) is 0 Å². The summed E-state index contributed by atoms with van der Waals surface area (Å²) in [6.07, 6.45) is 9.63. The minimum absolute atomic E-state index is 0. The van der Waals surface area contributed by atoms with Gasteiger partial charge in [0.15, 0.2) is 0 Å². The van der Waals surface area contributed by atoms with Crippen LogP contribution in [-0.2, 0) is 4.79 Å². The van der Waals surface area contributed by atoms with Gasteiger partial charge in [-0.1, -0.05) is 13.3 Å². The van der Waals surface area contributed by atoms with E-state index < -0.39 is 0 Å². The number of carbonyl (C=O) groups is 1. The van der Waals surface area contributed by atoms with Crippen LogP contribution < -0.4 is 5.32 Å². The van der Waals surface area contributed by atoms with E-state index in [9.17, 15) is 4.79 Å². The average molecular weight is 315 g/mol. The lowest BCUT2D eigenvalue weighted by Crippen LogP contribution is -2.42. The van der Waals surface area contributed by atoms with Crippen molar-refractivity contribution in [2.75, 3.05) is 20.1 Å². The van der Waals surface area contributed by atoms with E-state index in [4.69, 9.17) is 0 Å². The number of rotatable bonds is 5. The van der Waals surface area contributed by atoms with Crippen LogP contribution in [0.3, 0.4) is 0 Å². The van der Waals surface area contributed by atoms with Gasteiger partial charge in [-0.25, -0.2) is 0 Å². The molecule has 4 heteroatoms. The highest BCUT2D eigenvalue weighted by molar-refractivity contribution is 5.85. The number of amides is 1. The van der Waals surface area contributed by atoms with Crippen LogP contribution in [0.25, 0.3) is 0 Å². The fourth-order valence-corrected chi connectivity index (χ4v) is 5.06. The molecular formula is C17H31ClN2O. The Morgan fingerprint density at radius 1 is 1.29 bits per heavy atom. The van der Waals surface area contributed by atoms with Crippen molar-refractivity contribution in [3.8, 4) is 0 Å². The van der Waals surface area contributed by atoms with E-state index in [0.29, 0.717) is 11.9 Å². The van der Waals surface area contributed by atoms with Crippen LogP contribution in [0.2, 0.25) is 0 Å². The van der Waals surface area contributed by atoms with Gasteiger partial charge in [-0.2, -0.15) is 0 Å². The molecule has 5 unspecified atom stereocenters. The molecule has 2 aliphatic carbocycles. The monoisotopic (exact) mass is 314 g/mol. The predicted octanol–water partition coefficient (Wildman–Crippen LogP) is 3.08. The molecule has 0 aromatic rings.